The first-order chi connectivity index (χ1) is 13.1. The highest BCUT2D eigenvalue weighted by molar-refractivity contribution is 6.05. The standard InChI is InChI=1S/C19H20N2O6/c1-3-26-19(24)15-10-7-11-20-18(15)21(16(22)12-17(23)25-2)27-13-14-8-5-4-6-9-14/h4-11H,3,12-13H2,1-2H3. The van der Waals surface area contributed by atoms with Gasteiger partial charge in [-0.25, -0.2) is 9.78 Å². The molecule has 0 bridgehead atoms. The molecular weight excluding hydrogens is 352 g/mol. The highest BCUT2D eigenvalue weighted by Crippen LogP contribution is 2.21. The molecule has 0 saturated heterocycles. The predicted octanol–water partition coefficient (Wildman–Crippen LogP) is 2.29. The average Bonchev–Trinajstić information content (AvgIpc) is 2.69. The van der Waals surface area contributed by atoms with Crippen LogP contribution in [0.25, 0.3) is 0 Å². The van der Waals surface area contributed by atoms with Crippen molar-refractivity contribution in [2.24, 2.45) is 0 Å². The van der Waals surface area contributed by atoms with Gasteiger partial charge in [0.1, 0.15) is 18.6 Å². The number of ether oxygens (including phenoxy) is 2. The molecule has 0 fully saturated rings. The molecule has 2 aromatic rings. The van der Waals surface area contributed by atoms with Crippen LogP contribution < -0.4 is 5.06 Å². The van der Waals surface area contributed by atoms with Gasteiger partial charge in [-0.2, -0.15) is 5.06 Å². The van der Waals surface area contributed by atoms with Crippen LogP contribution in [0.4, 0.5) is 5.82 Å². The van der Waals surface area contributed by atoms with Crippen LogP contribution in [-0.4, -0.2) is 36.5 Å². The number of carbonyl (C=O) groups excluding carboxylic acids is 3. The maximum absolute atomic E-state index is 12.6. The first kappa shape index (κ1) is 20.1. The number of carbonyl (C=O) groups is 3. The van der Waals surface area contributed by atoms with E-state index in [-0.39, 0.29) is 24.6 Å². The Bertz CT molecular complexity index is 794. The van der Waals surface area contributed by atoms with Crippen LogP contribution in [-0.2, 0) is 30.5 Å². The summed E-state index contributed by atoms with van der Waals surface area (Å²) in [5, 5.41) is 0.830. The topological polar surface area (TPSA) is 95.0 Å². The fraction of sp³-hybridized carbons (Fsp3) is 0.263. The largest absolute Gasteiger partial charge is 0.469 e. The van der Waals surface area contributed by atoms with Gasteiger partial charge in [-0.3, -0.25) is 14.4 Å². The molecule has 0 N–H and O–H groups in total. The van der Waals surface area contributed by atoms with Crippen LogP contribution >= 0.6 is 0 Å². The number of benzene rings is 1. The lowest BCUT2D eigenvalue weighted by Crippen LogP contribution is -2.35. The van der Waals surface area contributed by atoms with E-state index in [9.17, 15) is 14.4 Å². The van der Waals surface area contributed by atoms with E-state index in [0.717, 1.165) is 10.6 Å². The van der Waals surface area contributed by atoms with Crippen molar-refractivity contribution in [2.75, 3.05) is 18.8 Å². The number of hydrogen-bond acceptors (Lipinski definition) is 7. The molecule has 0 unspecified atom stereocenters. The molecule has 142 valence electrons. The van der Waals surface area contributed by atoms with Crippen molar-refractivity contribution in [3.63, 3.8) is 0 Å². The van der Waals surface area contributed by atoms with Gasteiger partial charge in [-0.05, 0) is 24.6 Å². The van der Waals surface area contributed by atoms with E-state index in [0.29, 0.717) is 0 Å². The van der Waals surface area contributed by atoms with Gasteiger partial charge < -0.3 is 9.47 Å². The van der Waals surface area contributed by atoms with E-state index in [4.69, 9.17) is 9.57 Å². The minimum absolute atomic E-state index is 0.0343. The lowest BCUT2D eigenvalue weighted by molar-refractivity contribution is -0.145. The molecule has 0 saturated carbocycles. The van der Waals surface area contributed by atoms with Gasteiger partial charge in [0.15, 0.2) is 5.82 Å². The minimum Gasteiger partial charge on any atom is -0.469 e. The maximum Gasteiger partial charge on any atom is 0.341 e. The molecule has 0 aliphatic heterocycles. The minimum atomic E-state index is -0.734. The Balaban J connectivity index is 2.32. The molecule has 2 rings (SSSR count). The van der Waals surface area contributed by atoms with Crippen molar-refractivity contribution in [3.8, 4) is 0 Å². The summed E-state index contributed by atoms with van der Waals surface area (Å²) in [6, 6.07) is 12.1. The number of methoxy groups -OCH3 is 1. The second kappa shape index (κ2) is 10.0. The van der Waals surface area contributed by atoms with Gasteiger partial charge in [0.2, 0.25) is 0 Å². The Morgan fingerprint density at radius 3 is 2.48 bits per heavy atom. The summed E-state index contributed by atoms with van der Waals surface area (Å²) < 4.78 is 9.53. The molecular formula is C19H20N2O6. The van der Waals surface area contributed by atoms with Crippen molar-refractivity contribution in [1.82, 2.24) is 4.98 Å². The molecule has 0 atom stereocenters. The molecule has 1 aromatic carbocycles. The van der Waals surface area contributed by atoms with Crippen LogP contribution in [0, 0.1) is 0 Å². The summed E-state index contributed by atoms with van der Waals surface area (Å²) in [7, 11) is 1.18. The zero-order chi connectivity index (χ0) is 19.6. The summed E-state index contributed by atoms with van der Waals surface area (Å²) in [6.45, 7) is 1.86. The normalized spacial score (nSPS) is 10.1. The highest BCUT2D eigenvalue weighted by Gasteiger charge is 2.27. The van der Waals surface area contributed by atoms with E-state index in [1.807, 2.05) is 30.3 Å². The molecule has 1 aromatic heterocycles. The smallest absolute Gasteiger partial charge is 0.341 e. The Hall–Kier alpha value is -3.26. The molecule has 0 aliphatic carbocycles. The Morgan fingerprint density at radius 2 is 1.81 bits per heavy atom. The Morgan fingerprint density at radius 1 is 1.07 bits per heavy atom. The SMILES string of the molecule is CCOC(=O)c1cccnc1N(OCc1ccccc1)C(=O)CC(=O)OC. The zero-order valence-electron chi connectivity index (χ0n) is 15.1. The Labute approximate surface area is 156 Å². The van der Waals surface area contributed by atoms with Gasteiger partial charge in [0.25, 0.3) is 5.91 Å². The van der Waals surface area contributed by atoms with Crippen LogP contribution in [0.5, 0.6) is 0 Å². The third kappa shape index (κ3) is 5.61. The molecule has 0 radical (unpaired) electrons. The van der Waals surface area contributed by atoms with Gasteiger partial charge in [0.05, 0.1) is 13.7 Å². The van der Waals surface area contributed by atoms with Gasteiger partial charge in [0, 0.05) is 6.20 Å². The van der Waals surface area contributed by atoms with Crippen LogP contribution in [0.1, 0.15) is 29.3 Å². The summed E-state index contributed by atoms with van der Waals surface area (Å²) in [4.78, 5) is 46.0. The molecule has 1 amide bonds. The molecule has 8 heteroatoms. The van der Waals surface area contributed by atoms with E-state index >= 15 is 0 Å². The number of hydroxylamine groups is 1. The van der Waals surface area contributed by atoms with E-state index in [2.05, 4.69) is 9.72 Å². The highest BCUT2D eigenvalue weighted by atomic mass is 16.7. The van der Waals surface area contributed by atoms with Crippen molar-refractivity contribution >= 4 is 23.7 Å². The third-order valence-electron chi connectivity index (χ3n) is 3.43. The number of pyridine rings is 1. The van der Waals surface area contributed by atoms with Crippen molar-refractivity contribution < 1.29 is 28.7 Å². The van der Waals surface area contributed by atoms with Crippen molar-refractivity contribution in [1.29, 1.82) is 0 Å². The molecule has 0 aliphatic rings. The van der Waals surface area contributed by atoms with Crippen molar-refractivity contribution in [2.45, 2.75) is 20.0 Å². The fourth-order valence-corrected chi connectivity index (χ4v) is 2.16. The predicted molar refractivity (Wildman–Crippen MR) is 95.5 cm³/mol. The van der Waals surface area contributed by atoms with Crippen LogP contribution in [0.3, 0.4) is 0 Å². The van der Waals surface area contributed by atoms with Crippen LogP contribution in [0.15, 0.2) is 48.7 Å². The molecule has 27 heavy (non-hydrogen) atoms. The van der Waals surface area contributed by atoms with Gasteiger partial charge in [-0.15, -0.1) is 0 Å². The summed E-state index contributed by atoms with van der Waals surface area (Å²) in [6.07, 6.45) is 0.840. The van der Waals surface area contributed by atoms with E-state index in [1.165, 1.54) is 25.4 Å². The fourth-order valence-electron chi connectivity index (χ4n) is 2.16. The van der Waals surface area contributed by atoms with Gasteiger partial charge in [-0.1, -0.05) is 30.3 Å². The monoisotopic (exact) mass is 372 g/mol. The van der Waals surface area contributed by atoms with E-state index < -0.39 is 24.3 Å². The van der Waals surface area contributed by atoms with Crippen LogP contribution in [0.2, 0.25) is 0 Å². The molecule has 1 heterocycles. The molecule has 8 nitrogen and oxygen atoms in total. The number of amides is 1. The second-order valence-corrected chi connectivity index (χ2v) is 5.30. The summed E-state index contributed by atoms with van der Waals surface area (Å²) in [5.74, 6) is -2.16. The quantitative estimate of drug-likeness (QED) is 0.398. The average molecular weight is 372 g/mol. The lowest BCUT2D eigenvalue weighted by Gasteiger charge is -2.22. The number of esters is 2. The number of hydrogen-bond donors (Lipinski definition) is 0. The summed E-state index contributed by atoms with van der Waals surface area (Å²) in [5.41, 5.74) is 0.840. The lowest BCUT2D eigenvalue weighted by atomic mass is 10.2. The van der Waals surface area contributed by atoms with Gasteiger partial charge >= 0.3 is 11.9 Å². The number of aromatic nitrogens is 1. The third-order valence-corrected chi connectivity index (χ3v) is 3.43. The number of anilines is 1. The number of rotatable bonds is 8. The zero-order valence-corrected chi connectivity index (χ0v) is 15.1. The summed E-state index contributed by atoms with van der Waals surface area (Å²) >= 11 is 0. The van der Waals surface area contributed by atoms with Crippen molar-refractivity contribution in [3.05, 3.63) is 59.8 Å². The Kier molecular flexibility index (Phi) is 7.45. The maximum atomic E-state index is 12.6. The molecule has 0 spiro atoms. The number of nitrogens with zero attached hydrogens (tertiary/aromatic N) is 2. The van der Waals surface area contributed by atoms with E-state index in [1.54, 1.807) is 6.92 Å². The first-order valence-corrected chi connectivity index (χ1v) is 8.25. The first-order valence-electron chi connectivity index (χ1n) is 8.25. The second-order valence-electron chi connectivity index (χ2n) is 5.30.